The molecule has 4 aromatic rings. The summed E-state index contributed by atoms with van der Waals surface area (Å²) in [4.78, 5) is 42.1. The van der Waals surface area contributed by atoms with Crippen molar-refractivity contribution in [3.8, 4) is 5.75 Å². The molecule has 180 valence electrons. The maximum Gasteiger partial charge on any atom is 0.272 e. The lowest BCUT2D eigenvalue weighted by Crippen LogP contribution is -2.28. The summed E-state index contributed by atoms with van der Waals surface area (Å²) >= 11 is 2.53. The van der Waals surface area contributed by atoms with Crippen LogP contribution in [0.3, 0.4) is 0 Å². The Labute approximate surface area is 209 Å². The van der Waals surface area contributed by atoms with Gasteiger partial charge in [-0.2, -0.15) is 0 Å². The number of aromatic carboxylic acids is 1. The van der Waals surface area contributed by atoms with E-state index in [0.717, 1.165) is 5.56 Å². The summed E-state index contributed by atoms with van der Waals surface area (Å²) in [6.07, 6.45) is 0.512. The zero-order valence-electron chi connectivity index (χ0n) is 19.0. The molecular weight excluding hydrogens is 486 g/mol. The zero-order chi connectivity index (χ0) is 24.9. The second-order valence-corrected chi connectivity index (χ2v) is 9.73. The van der Waals surface area contributed by atoms with Crippen LogP contribution in [0.2, 0.25) is 0 Å². The van der Waals surface area contributed by atoms with Gasteiger partial charge in [0, 0.05) is 11.8 Å². The highest BCUT2D eigenvalue weighted by Crippen LogP contribution is 2.28. The molecule has 0 bridgehead atoms. The van der Waals surface area contributed by atoms with E-state index in [1.165, 1.54) is 39.8 Å². The minimum atomic E-state index is -1.26. The number of aromatic nitrogens is 2. The Morgan fingerprint density at radius 3 is 2.66 bits per heavy atom. The van der Waals surface area contributed by atoms with Crippen LogP contribution in [0, 0.1) is 0 Å². The first-order valence-corrected chi connectivity index (χ1v) is 12.6. The van der Waals surface area contributed by atoms with Crippen molar-refractivity contribution in [3.63, 3.8) is 0 Å². The van der Waals surface area contributed by atoms with Crippen molar-refractivity contribution in [2.75, 3.05) is 12.4 Å². The first kappa shape index (κ1) is 24.5. The molecule has 0 saturated heterocycles. The van der Waals surface area contributed by atoms with Crippen molar-refractivity contribution in [2.45, 2.75) is 30.3 Å². The van der Waals surface area contributed by atoms with Crippen LogP contribution in [0.5, 0.6) is 5.75 Å². The Morgan fingerprint density at radius 2 is 1.97 bits per heavy atom. The zero-order valence-corrected chi connectivity index (χ0v) is 20.7. The summed E-state index contributed by atoms with van der Waals surface area (Å²) in [5, 5.41) is 15.7. The van der Waals surface area contributed by atoms with E-state index in [2.05, 4.69) is 10.3 Å². The number of amides is 1. The Kier molecular flexibility index (Phi) is 7.52. The van der Waals surface area contributed by atoms with Gasteiger partial charge in [0.05, 0.1) is 30.4 Å². The van der Waals surface area contributed by atoms with Gasteiger partial charge in [0.1, 0.15) is 10.4 Å². The molecule has 8 nitrogen and oxygen atoms in total. The highest BCUT2D eigenvalue weighted by molar-refractivity contribution is 8.00. The molecule has 0 saturated carbocycles. The molecule has 35 heavy (non-hydrogen) atoms. The number of rotatable bonds is 9. The lowest BCUT2D eigenvalue weighted by atomic mass is 10.1. The van der Waals surface area contributed by atoms with E-state index >= 15 is 0 Å². The van der Waals surface area contributed by atoms with E-state index in [4.69, 9.17) is 4.74 Å². The van der Waals surface area contributed by atoms with E-state index in [0.29, 0.717) is 33.2 Å². The van der Waals surface area contributed by atoms with Crippen molar-refractivity contribution in [1.82, 2.24) is 9.55 Å². The number of fused-ring (bicyclic) bond motifs is 1. The molecule has 1 N–H and O–H groups in total. The van der Waals surface area contributed by atoms with Gasteiger partial charge < -0.3 is 20.0 Å². The van der Waals surface area contributed by atoms with Crippen molar-refractivity contribution in [3.05, 3.63) is 81.5 Å². The first-order valence-electron chi connectivity index (χ1n) is 10.8. The van der Waals surface area contributed by atoms with Crippen molar-refractivity contribution >= 4 is 50.9 Å². The van der Waals surface area contributed by atoms with E-state index in [9.17, 15) is 19.5 Å². The number of thiophene rings is 1. The van der Waals surface area contributed by atoms with Gasteiger partial charge in [0.25, 0.3) is 5.56 Å². The number of ether oxygens (including phenoxy) is 1. The normalized spacial score (nSPS) is 11.8. The Balaban J connectivity index is 1.64. The van der Waals surface area contributed by atoms with Gasteiger partial charge in [-0.15, -0.1) is 11.3 Å². The summed E-state index contributed by atoms with van der Waals surface area (Å²) in [5.41, 5.74) is 1.77. The summed E-state index contributed by atoms with van der Waals surface area (Å²) in [6, 6.07) is 15.0. The van der Waals surface area contributed by atoms with Gasteiger partial charge in [-0.05, 0) is 41.1 Å². The largest absolute Gasteiger partial charge is 0.545 e. The standard InChI is InChI=1S/C25H23N3O5S2/c1-3-20(22(29)26-17-5-4-6-18(13-17)33-2)35-25-27-19-11-12-34-21(19)23(30)28(25)14-15-7-9-16(10-8-15)24(31)32/h4-13,20H,3,14H2,1-2H3,(H,26,29)(H,31,32)/p-1. The predicted molar refractivity (Wildman–Crippen MR) is 135 cm³/mol. The molecule has 2 aromatic carbocycles. The number of methoxy groups -OCH3 is 1. The van der Waals surface area contributed by atoms with Crippen LogP contribution >= 0.6 is 23.1 Å². The molecule has 4 rings (SSSR count). The second-order valence-electron chi connectivity index (χ2n) is 7.64. The molecule has 2 aromatic heterocycles. The molecule has 10 heteroatoms. The van der Waals surface area contributed by atoms with Gasteiger partial charge >= 0.3 is 0 Å². The lowest BCUT2D eigenvalue weighted by molar-refractivity contribution is -0.255. The maximum atomic E-state index is 13.3. The van der Waals surface area contributed by atoms with Gasteiger partial charge in [0.15, 0.2) is 5.16 Å². The van der Waals surface area contributed by atoms with E-state index in [1.54, 1.807) is 55.0 Å². The van der Waals surface area contributed by atoms with Crippen molar-refractivity contribution in [2.24, 2.45) is 0 Å². The van der Waals surface area contributed by atoms with E-state index in [1.807, 2.05) is 6.92 Å². The third-order valence-corrected chi connectivity index (χ3v) is 7.56. The molecule has 0 aliphatic heterocycles. The van der Waals surface area contributed by atoms with Crippen LogP contribution < -0.4 is 20.7 Å². The average Bonchev–Trinajstić information content (AvgIpc) is 3.33. The van der Waals surface area contributed by atoms with Crippen molar-refractivity contribution < 1.29 is 19.4 Å². The number of carboxylic acids is 1. The topological polar surface area (TPSA) is 113 Å². The Morgan fingerprint density at radius 1 is 1.20 bits per heavy atom. The fourth-order valence-electron chi connectivity index (χ4n) is 3.45. The number of carbonyl (C=O) groups excluding carboxylic acids is 2. The summed E-state index contributed by atoms with van der Waals surface area (Å²) in [7, 11) is 1.56. The fourth-order valence-corrected chi connectivity index (χ4v) is 5.25. The average molecular weight is 509 g/mol. The highest BCUT2D eigenvalue weighted by Gasteiger charge is 2.23. The minimum Gasteiger partial charge on any atom is -0.545 e. The number of hydrogen-bond acceptors (Lipinski definition) is 8. The number of hydrogen-bond donors (Lipinski definition) is 1. The highest BCUT2D eigenvalue weighted by atomic mass is 32.2. The molecule has 2 heterocycles. The number of nitrogens with one attached hydrogen (secondary N) is 1. The first-order chi connectivity index (χ1) is 16.9. The van der Waals surface area contributed by atoms with Crippen LogP contribution in [0.4, 0.5) is 5.69 Å². The number of benzene rings is 2. The number of carbonyl (C=O) groups is 2. The van der Waals surface area contributed by atoms with Crippen LogP contribution in [0.1, 0.15) is 29.3 Å². The lowest BCUT2D eigenvalue weighted by Gasteiger charge is -2.18. The second kappa shape index (κ2) is 10.7. The summed E-state index contributed by atoms with van der Waals surface area (Å²) in [5.74, 6) is -0.846. The van der Waals surface area contributed by atoms with Gasteiger partial charge in [-0.3, -0.25) is 14.2 Å². The number of thioether (sulfide) groups is 1. The Bertz CT molecular complexity index is 1430. The molecule has 1 atom stereocenters. The van der Waals surface area contributed by atoms with Crippen LogP contribution in [0.15, 0.2) is 69.9 Å². The molecule has 0 spiro atoms. The number of nitrogens with zero attached hydrogens (tertiary/aromatic N) is 2. The summed E-state index contributed by atoms with van der Waals surface area (Å²) < 4.78 is 7.27. The van der Waals surface area contributed by atoms with Crippen molar-refractivity contribution in [1.29, 1.82) is 0 Å². The smallest absolute Gasteiger partial charge is 0.272 e. The summed E-state index contributed by atoms with van der Waals surface area (Å²) in [6.45, 7) is 2.08. The van der Waals surface area contributed by atoms with E-state index < -0.39 is 11.2 Å². The molecule has 0 aliphatic carbocycles. The van der Waals surface area contributed by atoms with Gasteiger partial charge in [-0.1, -0.05) is 49.0 Å². The quantitative estimate of drug-likeness (QED) is 0.272. The maximum absolute atomic E-state index is 13.3. The third kappa shape index (κ3) is 5.55. The van der Waals surface area contributed by atoms with Gasteiger partial charge in [-0.25, -0.2) is 4.98 Å². The molecule has 1 unspecified atom stereocenters. The fraction of sp³-hybridized carbons (Fsp3) is 0.200. The molecule has 0 radical (unpaired) electrons. The van der Waals surface area contributed by atoms with Gasteiger partial charge in [0.2, 0.25) is 5.91 Å². The molecule has 1 amide bonds. The molecular formula is C25H22N3O5S2-. The van der Waals surface area contributed by atoms with Crippen LogP contribution in [0.25, 0.3) is 10.2 Å². The molecule has 0 fully saturated rings. The Hall–Kier alpha value is -3.63. The number of carboxylic acid groups (broad SMARTS) is 1. The number of anilines is 1. The minimum absolute atomic E-state index is 0.0581. The third-order valence-electron chi connectivity index (χ3n) is 5.31. The van der Waals surface area contributed by atoms with Crippen LogP contribution in [-0.4, -0.2) is 33.8 Å². The monoisotopic (exact) mass is 508 g/mol. The molecule has 0 aliphatic rings. The van der Waals surface area contributed by atoms with E-state index in [-0.39, 0.29) is 23.6 Å². The van der Waals surface area contributed by atoms with Crippen LogP contribution in [-0.2, 0) is 11.3 Å². The SMILES string of the molecule is CCC(Sc1nc2ccsc2c(=O)n1Cc1ccc(C(=O)[O-])cc1)C(=O)Nc1cccc(OC)c1. The predicted octanol–water partition coefficient (Wildman–Crippen LogP) is 3.39.